The van der Waals surface area contributed by atoms with Gasteiger partial charge in [0.2, 0.25) is 0 Å². The Bertz CT molecular complexity index is 915. The van der Waals surface area contributed by atoms with Gasteiger partial charge in [-0.05, 0) is 31.2 Å². The summed E-state index contributed by atoms with van der Waals surface area (Å²) in [7, 11) is 0. The zero-order valence-electron chi connectivity index (χ0n) is 13.7. The predicted octanol–water partition coefficient (Wildman–Crippen LogP) is 3.87. The molecule has 0 unspecified atom stereocenters. The highest BCUT2D eigenvalue weighted by Gasteiger charge is 2.20. The van der Waals surface area contributed by atoms with E-state index in [1.54, 1.807) is 23.8 Å². The smallest absolute Gasteiger partial charge is 0.293 e. The second kappa shape index (κ2) is 7.70. The van der Waals surface area contributed by atoms with E-state index in [2.05, 4.69) is 20.6 Å². The third kappa shape index (κ3) is 4.01. The lowest BCUT2D eigenvalue weighted by Gasteiger charge is -2.15. The Hall–Kier alpha value is -3.33. The number of carbonyl (C=O) groups excluding carboxylic acids is 1. The van der Waals surface area contributed by atoms with E-state index in [0.29, 0.717) is 10.8 Å². The molecule has 3 rings (SSSR count). The lowest BCUT2D eigenvalue weighted by Crippen LogP contribution is -2.13. The molecule has 0 aliphatic heterocycles. The summed E-state index contributed by atoms with van der Waals surface area (Å²) in [4.78, 5) is 31.4. The number of thiazole rings is 1. The van der Waals surface area contributed by atoms with E-state index in [0.717, 1.165) is 5.69 Å². The summed E-state index contributed by atoms with van der Waals surface area (Å²) in [6.45, 7) is 1.86. The number of benzene rings is 1. The number of carbonyl (C=O) groups is 1. The zero-order chi connectivity index (χ0) is 18.5. The molecule has 0 bridgehead atoms. The summed E-state index contributed by atoms with van der Waals surface area (Å²) < 4.78 is 0. The van der Waals surface area contributed by atoms with Crippen molar-refractivity contribution in [3.8, 4) is 0 Å². The lowest BCUT2D eigenvalue weighted by molar-refractivity contribution is -0.384. The molecular weight excluding hydrogens is 354 g/mol. The van der Waals surface area contributed by atoms with Gasteiger partial charge in [0.25, 0.3) is 11.6 Å². The number of amides is 1. The van der Waals surface area contributed by atoms with E-state index in [9.17, 15) is 14.9 Å². The van der Waals surface area contributed by atoms with Gasteiger partial charge in [-0.25, -0.2) is 4.98 Å². The summed E-state index contributed by atoms with van der Waals surface area (Å²) in [5.74, 6) is -0.452. The van der Waals surface area contributed by atoms with Crippen molar-refractivity contribution in [3.05, 3.63) is 75.5 Å². The Kier molecular flexibility index (Phi) is 5.18. The molecule has 1 aromatic carbocycles. The molecule has 1 amide bonds. The van der Waals surface area contributed by atoms with Crippen LogP contribution in [-0.2, 0) is 0 Å². The first kappa shape index (κ1) is 17.5. The van der Waals surface area contributed by atoms with Gasteiger partial charge in [-0.3, -0.25) is 25.2 Å². The Labute approximate surface area is 153 Å². The molecule has 132 valence electrons. The Balaban J connectivity index is 1.83. The first-order chi connectivity index (χ1) is 12.5. The highest BCUT2D eigenvalue weighted by atomic mass is 32.1. The highest BCUT2D eigenvalue weighted by molar-refractivity contribution is 7.13. The van der Waals surface area contributed by atoms with Crippen LogP contribution in [-0.4, -0.2) is 20.8 Å². The van der Waals surface area contributed by atoms with E-state index < -0.39 is 10.8 Å². The first-order valence-electron chi connectivity index (χ1n) is 7.71. The van der Waals surface area contributed by atoms with Gasteiger partial charge in [0, 0.05) is 29.4 Å². The van der Waals surface area contributed by atoms with Crippen molar-refractivity contribution in [1.29, 1.82) is 0 Å². The number of nitrogens with one attached hydrogen (secondary N) is 2. The second-order valence-corrected chi connectivity index (χ2v) is 6.30. The number of aromatic nitrogens is 2. The molecule has 0 spiro atoms. The van der Waals surface area contributed by atoms with E-state index in [1.165, 1.54) is 29.5 Å². The lowest BCUT2D eigenvalue weighted by atomic mass is 10.1. The van der Waals surface area contributed by atoms with Crippen molar-refractivity contribution in [2.75, 3.05) is 10.6 Å². The minimum absolute atomic E-state index is 0.181. The van der Waals surface area contributed by atoms with Crippen LogP contribution < -0.4 is 10.6 Å². The molecule has 0 saturated heterocycles. The molecule has 0 aliphatic carbocycles. The molecular formula is C17H15N5O3S. The molecule has 26 heavy (non-hydrogen) atoms. The quantitative estimate of drug-likeness (QED) is 0.504. The topological polar surface area (TPSA) is 110 Å². The number of hydrogen-bond acceptors (Lipinski definition) is 7. The number of nitrogens with zero attached hydrogens (tertiary/aromatic N) is 3. The van der Waals surface area contributed by atoms with Crippen LogP contribution in [0.5, 0.6) is 0 Å². The first-order valence-corrected chi connectivity index (χ1v) is 8.59. The van der Waals surface area contributed by atoms with E-state index >= 15 is 0 Å². The number of pyridine rings is 1. The average molecular weight is 369 g/mol. The predicted molar refractivity (Wildman–Crippen MR) is 99.4 cm³/mol. The summed E-state index contributed by atoms with van der Waals surface area (Å²) in [5, 5.41) is 19.3. The van der Waals surface area contributed by atoms with Crippen molar-refractivity contribution in [3.63, 3.8) is 0 Å². The third-order valence-corrected chi connectivity index (χ3v) is 4.30. The summed E-state index contributed by atoms with van der Waals surface area (Å²) in [5.41, 5.74) is 1.08. The Morgan fingerprint density at radius 3 is 2.73 bits per heavy atom. The molecule has 2 N–H and O–H groups in total. The standard InChI is InChI=1S/C17H15N5O3S/c1-11(13-4-2-3-7-18-13)20-14-6-5-12(10-15(14)22(24)25)16(23)21-17-19-8-9-26-17/h2-11,20H,1H3,(H,19,21,23)/t11-/m0/s1. The molecule has 2 aromatic heterocycles. The normalized spacial score (nSPS) is 11.6. The number of nitro groups is 1. The summed E-state index contributed by atoms with van der Waals surface area (Å²) in [6.07, 6.45) is 3.22. The van der Waals surface area contributed by atoms with Crippen LogP contribution in [0.4, 0.5) is 16.5 Å². The maximum Gasteiger partial charge on any atom is 0.293 e. The zero-order valence-corrected chi connectivity index (χ0v) is 14.6. The monoisotopic (exact) mass is 369 g/mol. The Morgan fingerprint density at radius 2 is 2.08 bits per heavy atom. The molecule has 8 nitrogen and oxygen atoms in total. The minimum atomic E-state index is -0.520. The van der Waals surface area contributed by atoms with Crippen molar-refractivity contribution in [2.24, 2.45) is 0 Å². The van der Waals surface area contributed by atoms with Gasteiger partial charge in [0.1, 0.15) is 5.69 Å². The third-order valence-electron chi connectivity index (χ3n) is 3.61. The van der Waals surface area contributed by atoms with Gasteiger partial charge in [-0.1, -0.05) is 6.07 Å². The van der Waals surface area contributed by atoms with E-state index in [4.69, 9.17) is 0 Å². The van der Waals surface area contributed by atoms with Crippen LogP contribution in [0.25, 0.3) is 0 Å². The second-order valence-electron chi connectivity index (χ2n) is 5.40. The van der Waals surface area contributed by atoms with Crippen LogP contribution in [0.1, 0.15) is 29.0 Å². The molecule has 0 saturated carbocycles. The fraction of sp³-hybridized carbons (Fsp3) is 0.118. The van der Waals surface area contributed by atoms with Crippen LogP contribution in [0.2, 0.25) is 0 Å². The summed E-state index contributed by atoms with van der Waals surface area (Å²) >= 11 is 1.27. The van der Waals surface area contributed by atoms with Crippen molar-refractivity contribution < 1.29 is 9.72 Å². The maximum absolute atomic E-state index is 12.2. The number of nitro benzene ring substituents is 1. The largest absolute Gasteiger partial charge is 0.371 e. The van der Waals surface area contributed by atoms with Crippen LogP contribution in [0.3, 0.4) is 0 Å². The van der Waals surface area contributed by atoms with Crippen LogP contribution in [0, 0.1) is 10.1 Å². The fourth-order valence-electron chi connectivity index (χ4n) is 2.34. The van der Waals surface area contributed by atoms with Crippen molar-refractivity contribution >= 4 is 33.8 Å². The maximum atomic E-state index is 12.2. The molecule has 3 aromatic rings. The van der Waals surface area contributed by atoms with E-state index in [1.807, 2.05) is 19.1 Å². The SMILES string of the molecule is C[C@H](Nc1ccc(C(=O)Nc2nccs2)cc1[N+](=O)[O-])c1ccccn1. The molecule has 2 heterocycles. The average Bonchev–Trinajstić information content (AvgIpc) is 3.15. The number of hydrogen-bond donors (Lipinski definition) is 2. The van der Waals surface area contributed by atoms with Gasteiger partial charge in [-0.2, -0.15) is 0 Å². The summed E-state index contributed by atoms with van der Waals surface area (Å²) in [6, 6.07) is 9.55. The Morgan fingerprint density at radius 1 is 1.23 bits per heavy atom. The number of rotatable bonds is 6. The van der Waals surface area contributed by atoms with Gasteiger partial charge in [-0.15, -0.1) is 11.3 Å². The number of anilines is 2. The molecule has 0 fully saturated rings. The molecule has 9 heteroatoms. The van der Waals surface area contributed by atoms with E-state index in [-0.39, 0.29) is 17.3 Å². The van der Waals surface area contributed by atoms with Crippen LogP contribution in [0.15, 0.2) is 54.2 Å². The van der Waals surface area contributed by atoms with Crippen molar-refractivity contribution in [1.82, 2.24) is 9.97 Å². The molecule has 1 atom stereocenters. The highest BCUT2D eigenvalue weighted by Crippen LogP contribution is 2.29. The van der Waals surface area contributed by atoms with Gasteiger partial charge in [0.15, 0.2) is 5.13 Å². The van der Waals surface area contributed by atoms with Crippen LogP contribution >= 0.6 is 11.3 Å². The minimum Gasteiger partial charge on any atom is -0.371 e. The molecule has 0 radical (unpaired) electrons. The van der Waals surface area contributed by atoms with Gasteiger partial charge >= 0.3 is 0 Å². The molecule has 0 aliphatic rings. The van der Waals surface area contributed by atoms with Crippen molar-refractivity contribution in [2.45, 2.75) is 13.0 Å². The fourth-order valence-corrected chi connectivity index (χ4v) is 2.86. The van der Waals surface area contributed by atoms with Gasteiger partial charge < -0.3 is 5.32 Å². The van der Waals surface area contributed by atoms with Gasteiger partial charge in [0.05, 0.1) is 16.7 Å².